The fourth-order valence-corrected chi connectivity index (χ4v) is 3.76. The third-order valence-electron chi connectivity index (χ3n) is 5.24. The number of halogens is 1. The van der Waals surface area contributed by atoms with E-state index in [0.29, 0.717) is 36.6 Å². The van der Waals surface area contributed by atoms with E-state index < -0.39 is 0 Å². The Morgan fingerprint density at radius 3 is 2.81 bits per heavy atom. The number of benzene rings is 1. The van der Waals surface area contributed by atoms with Gasteiger partial charge in [-0.2, -0.15) is 4.98 Å². The first-order valence-electron chi connectivity index (χ1n) is 9.22. The lowest BCUT2D eigenvalue weighted by Crippen LogP contribution is -2.39. The fourth-order valence-electron chi connectivity index (χ4n) is 3.76. The summed E-state index contributed by atoms with van der Waals surface area (Å²) in [5.41, 5.74) is 0.863. The Hall–Kier alpha value is -2.12. The number of carbonyl (C=O) groups excluding carboxylic acids is 1. The van der Waals surface area contributed by atoms with Crippen LogP contribution in [-0.2, 0) is 11.2 Å². The van der Waals surface area contributed by atoms with E-state index in [-0.39, 0.29) is 18.3 Å². The van der Waals surface area contributed by atoms with Gasteiger partial charge < -0.3 is 19.5 Å². The molecule has 0 saturated carbocycles. The van der Waals surface area contributed by atoms with Crippen LogP contribution < -0.4 is 10.1 Å². The molecule has 2 bridgehead atoms. The Balaban J connectivity index is 0.00000210. The fraction of sp³-hybridized carbons (Fsp3) is 0.526. The van der Waals surface area contributed by atoms with Crippen molar-refractivity contribution in [2.24, 2.45) is 0 Å². The zero-order chi connectivity index (χ0) is 17.9. The number of nitrogens with zero attached hydrogens (tertiary/aromatic N) is 3. The van der Waals surface area contributed by atoms with E-state index in [1.165, 1.54) is 12.8 Å². The summed E-state index contributed by atoms with van der Waals surface area (Å²) >= 11 is 0. The number of likely N-dealkylation sites (tertiary alicyclic amines) is 1. The minimum atomic E-state index is 0. The van der Waals surface area contributed by atoms with Gasteiger partial charge in [0.05, 0.1) is 7.11 Å². The Kier molecular flexibility index (Phi) is 6.34. The van der Waals surface area contributed by atoms with E-state index in [1.807, 2.05) is 29.2 Å². The second kappa shape index (κ2) is 8.71. The molecule has 1 N–H and O–H groups in total. The molecule has 2 saturated heterocycles. The topological polar surface area (TPSA) is 80.5 Å². The van der Waals surface area contributed by atoms with E-state index in [9.17, 15) is 4.79 Å². The summed E-state index contributed by atoms with van der Waals surface area (Å²) in [5.74, 6) is 1.98. The molecular formula is C19H25ClN4O3. The minimum Gasteiger partial charge on any atom is -0.497 e. The first-order valence-corrected chi connectivity index (χ1v) is 9.22. The quantitative estimate of drug-likeness (QED) is 0.841. The molecule has 2 atom stereocenters. The predicted molar refractivity (Wildman–Crippen MR) is 103 cm³/mol. The molecule has 2 aliphatic heterocycles. The standard InChI is InChI=1S/C19H24N4O3.ClH/c1-25-16-6-2-13(3-7-16)19-21-17(26-22-19)8-9-18(24)23-11-10-14-4-5-15(12-23)20-14;/h2-3,6-7,14-15,20H,4-5,8-12H2,1H3;1H. The molecule has 2 fully saturated rings. The van der Waals surface area contributed by atoms with E-state index in [2.05, 4.69) is 15.5 Å². The maximum Gasteiger partial charge on any atom is 0.227 e. The molecule has 8 heteroatoms. The summed E-state index contributed by atoms with van der Waals surface area (Å²) in [6.07, 6.45) is 4.33. The van der Waals surface area contributed by atoms with Crippen molar-refractivity contribution in [2.75, 3.05) is 20.2 Å². The van der Waals surface area contributed by atoms with Crippen molar-refractivity contribution in [1.29, 1.82) is 0 Å². The number of methoxy groups -OCH3 is 1. The number of aromatic nitrogens is 2. The van der Waals surface area contributed by atoms with Crippen molar-refractivity contribution in [3.63, 3.8) is 0 Å². The molecule has 2 aliphatic rings. The minimum absolute atomic E-state index is 0. The molecule has 1 aromatic heterocycles. The second-order valence-corrected chi connectivity index (χ2v) is 7.01. The Morgan fingerprint density at radius 1 is 1.26 bits per heavy atom. The first kappa shape index (κ1) is 19.6. The van der Waals surface area contributed by atoms with Crippen molar-refractivity contribution >= 4 is 18.3 Å². The van der Waals surface area contributed by atoms with Gasteiger partial charge in [0.15, 0.2) is 0 Å². The maximum absolute atomic E-state index is 12.5. The third-order valence-corrected chi connectivity index (χ3v) is 5.24. The van der Waals surface area contributed by atoms with Crippen LogP contribution in [0.15, 0.2) is 28.8 Å². The SMILES string of the molecule is COc1ccc(-c2noc(CCC(=O)N3CCC4CCC(C3)N4)n2)cc1.Cl. The van der Waals surface area contributed by atoms with Crippen LogP contribution in [-0.4, -0.2) is 53.2 Å². The van der Waals surface area contributed by atoms with Crippen LogP contribution in [0.1, 0.15) is 31.6 Å². The molecule has 3 heterocycles. The van der Waals surface area contributed by atoms with Gasteiger partial charge in [0.2, 0.25) is 17.6 Å². The van der Waals surface area contributed by atoms with Crippen LogP contribution in [0.3, 0.4) is 0 Å². The highest BCUT2D eigenvalue weighted by atomic mass is 35.5. The summed E-state index contributed by atoms with van der Waals surface area (Å²) in [6.45, 7) is 1.66. The first-order chi connectivity index (χ1) is 12.7. The Labute approximate surface area is 164 Å². The Morgan fingerprint density at radius 2 is 2.04 bits per heavy atom. The maximum atomic E-state index is 12.5. The number of nitrogens with one attached hydrogen (secondary N) is 1. The highest BCUT2D eigenvalue weighted by Crippen LogP contribution is 2.22. The van der Waals surface area contributed by atoms with Crippen molar-refractivity contribution in [3.05, 3.63) is 30.2 Å². The number of aryl methyl sites for hydroxylation is 1. The summed E-state index contributed by atoms with van der Waals surface area (Å²) in [6, 6.07) is 8.53. The molecule has 7 nitrogen and oxygen atoms in total. The monoisotopic (exact) mass is 392 g/mol. The highest BCUT2D eigenvalue weighted by molar-refractivity contribution is 5.85. The van der Waals surface area contributed by atoms with Gasteiger partial charge in [-0.1, -0.05) is 5.16 Å². The van der Waals surface area contributed by atoms with Gasteiger partial charge in [0.1, 0.15) is 5.75 Å². The average Bonchev–Trinajstić information content (AvgIpc) is 3.26. The molecule has 0 spiro atoms. The lowest BCUT2D eigenvalue weighted by Gasteiger charge is -2.24. The van der Waals surface area contributed by atoms with Crippen LogP contribution >= 0.6 is 12.4 Å². The summed E-state index contributed by atoms with van der Waals surface area (Å²) < 4.78 is 10.5. The van der Waals surface area contributed by atoms with E-state index in [4.69, 9.17) is 9.26 Å². The van der Waals surface area contributed by atoms with Gasteiger partial charge in [-0.25, -0.2) is 0 Å². The summed E-state index contributed by atoms with van der Waals surface area (Å²) in [4.78, 5) is 18.9. The van der Waals surface area contributed by atoms with Gasteiger partial charge in [0.25, 0.3) is 0 Å². The van der Waals surface area contributed by atoms with E-state index >= 15 is 0 Å². The number of hydrogen-bond donors (Lipinski definition) is 1. The lowest BCUT2D eigenvalue weighted by molar-refractivity contribution is -0.131. The van der Waals surface area contributed by atoms with Crippen LogP contribution in [0.5, 0.6) is 5.75 Å². The van der Waals surface area contributed by atoms with Crippen LogP contribution in [0.25, 0.3) is 11.4 Å². The van der Waals surface area contributed by atoms with E-state index in [1.54, 1.807) is 7.11 Å². The zero-order valence-corrected chi connectivity index (χ0v) is 16.2. The van der Waals surface area contributed by atoms with Crippen LogP contribution in [0.2, 0.25) is 0 Å². The van der Waals surface area contributed by atoms with Gasteiger partial charge in [0, 0.05) is 43.6 Å². The number of fused-ring (bicyclic) bond motifs is 2. The van der Waals surface area contributed by atoms with Crippen LogP contribution in [0.4, 0.5) is 0 Å². The smallest absolute Gasteiger partial charge is 0.227 e. The Bertz CT molecular complexity index is 765. The van der Waals surface area contributed by atoms with Crippen molar-refractivity contribution in [3.8, 4) is 17.1 Å². The molecule has 0 aliphatic carbocycles. The van der Waals surface area contributed by atoms with Gasteiger partial charge in [-0.05, 0) is 43.5 Å². The predicted octanol–water partition coefficient (Wildman–Crippen LogP) is 2.45. The van der Waals surface area contributed by atoms with Gasteiger partial charge in [-0.15, -0.1) is 12.4 Å². The number of hydrogen-bond acceptors (Lipinski definition) is 6. The highest BCUT2D eigenvalue weighted by Gasteiger charge is 2.31. The van der Waals surface area contributed by atoms with Crippen molar-refractivity contribution < 1.29 is 14.1 Å². The van der Waals surface area contributed by atoms with E-state index in [0.717, 1.165) is 30.8 Å². The summed E-state index contributed by atoms with van der Waals surface area (Å²) in [7, 11) is 1.63. The molecule has 2 unspecified atom stereocenters. The number of ether oxygens (including phenoxy) is 1. The average molecular weight is 393 g/mol. The van der Waals surface area contributed by atoms with Crippen molar-refractivity contribution in [2.45, 2.75) is 44.2 Å². The largest absolute Gasteiger partial charge is 0.497 e. The van der Waals surface area contributed by atoms with Gasteiger partial charge in [-0.3, -0.25) is 4.79 Å². The molecule has 4 rings (SSSR count). The zero-order valence-electron chi connectivity index (χ0n) is 15.4. The lowest BCUT2D eigenvalue weighted by atomic mass is 10.1. The van der Waals surface area contributed by atoms with Crippen molar-refractivity contribution in [1.82, 2.24) is 20.4 Å². The molecule has 0 radical (unpaired) electrons. The number of amides is 1. The van der Waals surface area contributed by atoms with Gasteiger partial charge >= 0.3 is 0 Å². The number of rotatable bonds is 5. The molecule has 1 amide bonds. The summed E-state index contributed by atoms with van der Waals surface area (Å²) in [5, 5.41) is 7.61. The normalized spacial score (nSPS) is 21.4. The second-order valence-electron chi connectivity index (χ2n) is 7.01. The third kappa shape index (κ3) is 4.59. The molecule has 1 aromatic carbocycles. The van der Waals surface area contributed by atoms with Crippen LogP contribution in [0, 0.1) is 0 Å². The molecular weight excluding hydrogens is 368 g/mol. The molecule has 146 valence electrons. The molecule has 27 heavy (non-hydrogen) atoms. The number of carbonyl (C=O) groups is 1. The molecule has 2 aromatic rings.